The summed E-state index contributed by atoms with van der Waals surface area (Å²) in [5, 5.41) is 11.0. The zero-order valence-electron chi connectivity index (χ0n) is 13.9. The first-order valence-electron chi connectivity index (χ1n) is 7.23. The molecule has 2 aromatic rings. The largest absolute Gasteiger partial charge is 0.494 e. The molecule has 0 spiro atoms. The van der Waals surface area contributed by atoms with Crippen LogP contribution >= 0.6 is 0 Å². The number of benzene rings is 2. The van der Waals surface area contributed by atoms with Crippen molar-refractivity contribution in [2.75, 3.05) is 14.2 Å². The quantitative estimate of drug-likeness (QED) is 0.441. The number of nitrogens with zero attached hydrogens (tertiary/aromatic N) is 1. The molecule has 0 fully saturated rings. The molecule has 136 valence electrons. The highest BCUT2D eigenvalue weighted by Gasteiger charge is 2.19. The van der Waals surface area contributed by atoms with Gasteiger partial charge in [-0.05, 0) is 23.8 Å². The number of carbonyl (C=O) groups is 2. The molecule has 0 saturated heterocycles. The van der Waals surface area contributed by atoms with Crippen molar-refractivity contribution in [1.29, 1.82) is 0 Å². The second-order valence-electron chi connectivity index (χ2n) is 5.06. The number of non-ortho nitro benzene ring substituents is 1. The Labute approximate surface area is 147 Å². The van der Waals surface area contributed by atoms with E-state index in [2.05, 4.69) is 4.74 Å². The Hall–Kier alpha value is -3.49. The van der Waals surface area contributed by atoms with Gasteiger partial charge in [0.2, 0.25) is 0 Å². The molecule has 0 heterocycles. The number of nitro benzene ring substituents is 1. The lowest BCUT2D eigenvalue weighted by Gasteiger charge is -2.08. The minimum atomic E-state index is -0.907. The first-order chi connectivity index (χ1) is 12.3. The Morgan fingerprint density at radius 2 is 1.73 bits per heavy atom. The number of halogens is 1. The van der Waals surface area contributed by atoms with Crippen molar-refractivity contribution >= 4 is 17.6 Å². The molecule has 2 aromatic carbocycles. The SMILES string of the molecule is COC(=O)c1cc(C(=O)OCc2ccc(OC)c(F)c2)cc([N+](=O)[O-])c1. The monoisotopic (exact) mass is 363 g/mol. The average Bonchev–Trinajstić information content (AvgIpc) is 2.65. The van der Waals surface area contributed by atoms with E-state index in [0.717, 1.165) is 31.4 Å². The van der Waals surface area contributed by atoms with Gasteiger partial charge in [-0.1, -0.05) is 6.07 Å². The highest BCUT2D eigenvalue weighted by Crippen LogP contribution is 2.21. The summed E-state index contributed by atoms with van der Waals surface area (Å²) in [6.07, 6.45) is 0. The maximum atomic E-state index is 13.6. The van der Waals surface area contributed by atoms with Crippen LogP contribution < -0.4 is 4.74 Å². The van der Waals surface area contributed by atoms with E-state index in [-0.39, 0.29) is 23.5 Å². The van der Waals surface area contributed by atoms with Crippen molar-refractivity contribution in [1.82, 2.24) is 0 Å². The summed E-state index contributed by atoms with van der Waals surface area (Å²) in [7, 11) is 2.43. The van der Waals surface area contributed by atoms with Gasteiger partial charge in [0.25, 0.3) is 5.69 Å². The van der Waals surface area contributed by atoms with Crippen LogP contribution in [-0.2, 0) is 16.1 Å². The van der Waals surface area contributed by atoms with E-state index in [1.165, 1.54) is 19.2 Å². The van der Waals surface area contributed by atoms with Crippen molar-refractivity contribution in [3.63, 3.8) is 0 Å². The van der Waals surface area contributed by atoms with E-state index < -0.39 is 28.4 Å². The summed E-state index contributed by atoms with van der Waals surface area (Å²) in [5.74, 6) is -2.32. The number of hydrogen-bond donors (Lipinski definition) is 0. The molecule has 8 nitrogen and oxygen atoms in total. The fourth-order valence-electron chi connectivity index (χ4n) is 2.10. The number of ether oxygens (including phenoxy) is 3. The summed E-state index contributed by atoms with van der Waals surface area (Å²) in [5.41, 5.74) is -0.469. The van der Waals surface area contributed by atoms with Crippen molar-refractivity contribution in [2.24, 2.45) is 0 Å². The van der Waals surface area contributed by atoms with Crippen LogP contribution in [0.2, 0.25) is 0 Å². The zero-order chi connectivity index (χ0) is 19.3. The van der Waals surface area contributed by atoms with E-state index >= 15 is 0 Å². The Morgan fingerprint density at radius 1 is 1.08 bits per heavy atom. The summed E-state index contributed by atoms with van der Waals surface area (Å²) in [6, 6.07) is 7.10. The highest BCUT2D eigenvalue weighted by molar-refractivity contribution is 5.96. The van der Waals surface area contributed by atoms with Gasteiger partial charge >= 0.3 is 11.9 Å². The molecule has 0 aliphatic heterocycles. The van der Waals surface area contributed by atoms with Gasteiger partial charge in [0.15, 0.2) is 11.6 Å². The van der Waals surface area contributed by atoms with E-state index in [0.29, 0.717) is 5.56 Å². The van der Waals surface area contributed by atoms with Crippen LogP contribution in [0, 0.1) is 15.9 Å². The van der Waals surface area contributed by atoms with E-state index in [1.54, 1.807) is 0 Å². The van der Waals surface area contributed by atoms with Crippen molar-refractivity contribution < 1.29 is 33.1 Å². The summed E-state index contributed by atoms with van der Waals surface area (Å²) >= 11 is 0. The molecule has 0 bridgehead atoms. The molecule has 0 amide bonds. The minimum Gasteiger partial charge on any atom is -0.494 e. The van der Waals surface area contributed by atoms with Crippen LogP contribution in [0.4, 0.5) is 10.1 Å². The van der Waals surface area contributed by atoms with E-state index in [1.807, 2.05) is 0 Å². The normalized spacial score (nSPS) is 10.1. The molecule has 0 N–H and O–H groups in total. The Bertz CT molecular complexity index is 866. The second kappa shape index (κ2) is 8.06. The molecule has 0 atom stereocenters. The molecule has 0 aromatic heterocycles. The summed E-state index contributed by atoms with van der Waals surface area (Å²) in [4.78, 5) is 34.0. The summed E-state index contributed by atoms with van der Waals surface area (Å²) < 4.78 is 27.9. The van der Waals surface area contributed by atoms with Gasteiger partial charge in [-0.15, -0.1) is 0 Å². The number of rotatable bonds is 6. The molecule has 2 rings (SSSR count). The fraction of sp³-hybridized carbons (Fsp3) is 0.176. The lowest BCUT2D eigenvalue weighted by Crippen LogP contribution is -2.09. The predicted molar refractivity (Wildman–Crippen MR) is 86.5 cm³/mol. The van der Waals surface area contributed by atoms with E-state index in [4.69, 9.17) is 9.47 Å². The smallest absolute Gasteiger partial charge is 0.338 e. The fourth-order valence-corrected chi connectivity index (χ4v) is 2.10. The molecular formula is C17H14FNO7. The third-order valence-corrected chi connectivity index (χ3v) is 3.37. The molecule has 0 aliphatic rings. The molecule has 0 saturated carbocycles. The molecule has 0 radical (unpaired) electrons. The molecule has 26 heavy (non-hydrogen) atoms. The first-order valence-corrected chi connectivity index (χ1v) is 7.23. The van der Waals surface area contributed by atoms with Gasteiger partial charge in [0, 0.05) is 12.1 Å². The number of nitro groups is 1. The van der Waals surface area contributed by atoms with Gasteiger partial charge in [-0.2, -0.15) is 0 Å². The van der Waals surface area contributed by atoms with Gasteiger partial charge in [-0.25, -0.2) is 14.0 Å². The van der Waals surface area contributed by atoms with Crippen LogP contribution in [-0.4, -0.2) is 31.1 Å². The molecule has 9 heteroatoms. The predicted octanol–water partition coefficient (Wildman–Crippen LogP) is 2.89. The maximum absolute atomic E-state index is 13.6. The number of hydrogen-bond acceptors (Lipinski definition) is 7. The molecular weight excluding hydrogens is 349 g/mol. The number of carbonyl (C=O) groups excluding carboxylic acids is 2. The van der Waals surface area contributed by atoms with Gasteiger partial charge in [-0.3, -0.25) is 10.1 Å². The highest BCUT2D eigenvalue weighted by atomic mass is 19.1. The van der Waals surface area contributed by atoms with Crippen LogP contribution in [0.15, 0.2) is 36.4 Å². The van der Waals surface area contributed by atoms with Crippen LogP contribution in [0.5, 0.6) is 5.75 Å². The third-order valence-electron chi connectivity index (χ3n) is 3.37. The minimum absolute atomic E-state index is 0.0430. The van der Waals surface area contributed by atoms with Gasteiger partial charge in [0.05, 0.1) is 30.3 Å². The topological polar surface area (TPSA) is 105 Å². The maximum Gasteiger partial charge on any atom is 0.338 e. The van der Waals surface area contributed by atoms with Crippen molar-refractivity contribution in [2.45, 2.75) is 6.61 Å². The lowest BCUT2D eigenvalue weighted by atomic mass is 10.1. The Morgan fingerprint density at radius 3 is 2.27 bits per heavy atom. The molecule has 0 aliphatic carbocycles. The second-order valence-corrected chi connectivity index (χ2v) is 5.06. The average molecular weight is 363 g/mol. The van der Waals surface area contributed by atoms with Gasteiger partial charge in [0.1, 0.15) is 6.61 Å². The Kier molecular flexibility index (Phi) is 5.84. The number of esters is 2. The van der Waals surface area contributed by atoms with Crippen molar-refractivity contribution in [3.05, 3.63) is 69.0 Å². The first kappa shape index (κ1) is 18.8. The molecule has 0 unspecified atom stereocenters. The zero-order valence-corrected chi connectivity index (χ0v) is 13.9. The lowest BCUT2D eigenvalue weighted by molar-refractivity contribution is -0.384. The third kappa shape index (κ3) is 4.32. The van der Waals surface area contributed by atoms with Gasteiger partial charge < -0.3 is 14.2 Å². The summed E-state index contributed by atoms with van der Waals surface area (Å²) in [6.45, 7) is -0.268. The van der Waals surface area contributed by atoms with Crippen molar-refractivity contribution in [3.8, 4) is 5.75 Å². The van der Waals surface area contributed by atoms with Crippen LogP contribution in [0.25, 0.3) is 0 Å². The number of methoxy groups -OCH3 is 2. The van der Waals surface area contributed by atoms with E-state index in [9.17, 15) is 24.1 Å². The standard InChI is InChI=1S/C17H14FNO7/c1-24-15-4-3-10(5-14(15)18)9-26-17(21)12-6-11(16(20)25-2)7-13(8-12)19(22)23/h3-8H,9H2,1-2H3. The Balaban J connectivity index is 2.20. The van der Waals surface area contributed by atoms with Crippen LogP contribution in [0.1, 0.15) is 26.3 Å². The van der Waals surface area contributed by atoms with Crippen LogP contribution in [0.3, 0.4) is 0 Å².